The SMILES string of the molecule is Cc1cccc(OC(C)C(=O)NC(c2ccccc2)c2cccs2)c1. The molecule has 1 amide bonds. The lowest BCUT2D eigenvalue weighted by atomic mass is 10.1. The topological polar surface area (TPSA) is 38.3 Å². The minimum absolute atomic E-state index is 0.135. The minimum Gasteiger partial charge on any atom is -0.481 e. The number of hydrogen-bond donors (Lipinski definition) is 1. The molecule has 25 heavy (non-hydrogen) atoms. The molecule has 0 aliphatic carbocycles. The Balaban J connectivity index is 1.74. The summed E-state index contributed by atoms with van der Waals surface area (Å²) in [7, 11) is 0. The van der Waals surface area contributed by atoms with Crippen LogP contribution in [0, 0.1) is 6.92 Å². The fraction of sp³-hybridized carbons (Fsp3) is 0.190. The van der Waals surface area contributed by atoms with Crippen LogP contribution in [0.25, 0.3) is 0 Å². The van der Waals surface area contributed by atoms with Crippen LogP contribution in [0.5, 0.6) is 5.75 Å². The van der Waals surface area contributed by atoms with Crippen molar-refractivity contribution in [3.63, 3.8) is 0 Å². The van der Waals surface area contributed by atoms with Crippen LogP contribution in [0.4, 0.5) is 0 Å². The molecule has 3 nitrogen and oxygen atoms in total. The van der Waals surface area contributed by atoms with Crippen molar-refractivity contribution in [3.05, 3.63) is 88.1 Å². The smallest absolute Gasteiger partial charge is 0.261 e. The molecule has 128 valence electrons. The van der Waals surface area contributed by atoms with E-state index in [0.717, 1.165) is 16.0 Å². The monoisotopic (exact) mass is 351 g/mol. The van der Waals surface area contributed by atoms with E-state index in [-0.39, 0.29) is 11.9 Å². The highest BCUT2D eigenvalue weighted by Crippen LogP contribution is 2.26. The lowest BCUT2D eigenvalue weighted by Gasteiger charge is -2.21. The van der Waals surface area contributed by atoms with Gasteiger partial charge in [-0.05, 0) is 48.6 Å². The van der Waals surface area contributed by atoms with Gasteiger partial charge in [-0.1, -0.05) is 48.5 Å². The minimum atomic E-state index is -0.576. The second-order valence-corrected chi connectivity index (χ2v) is 6.92. The van der Waals surface area contributed by atoms with E-state index in [1.165, 1.54) is 0 Å². The molecule has 1 heterocycles. The summed E-state index contributed by atoms with van der Waals surface area (Å²) in [6.07, 6.45) is -0.576. The number of benzene rings is 2. The number of aryl methyl sites for hydroxylation is 1. The summed E-state index contributed by atoms with van der Waals surface area (Å²) in [6, 6.07) is 21.6. The number of ether oxygens (including phenoxy) is 1. The molecule has 0 radical (unpaired) electrons. The Morgan fingerprint density at radius 1 is 1.04 bits per heavy atom. The van der Waals surface area contributed by atoms with Gasteiger partial charge in [0.2, 0.25) is 0 Å². The van der Waals surface area contributed by atoms with Gasteiger partial charge in [-0.25, -0.2) is 0 Å². The van der Waals surface area contributed by atoms with Gasteiger partial charge in [-0.2, -0.15) is 0 Å². The summed E-state index contributed by atoms with van der Waals surface area (Å²) >= 11 is 1.63. The predicted molar refractivity (Wildman–Crippen MR) is 102 cm³/mol. The Hall–Kier alpha value is -2.59. The normalized spacial score (nSPS) is 13.0. The van der Waals surface area contributed by atoms with Gasteiger partial charge in [0.05, 0.1) is 6.04 Å². The number of nitrogens with one attached hydrogen (secondary N) is 1. The molecule has 3 rings (SSSR count). The van der Waals surface area contributed by atoms with Crippen LogP contribution in [0.15, 0.2) is 72.1 Å². The fourth-order valence-electron chi connectivity index (χ4n) is 2.63. The van der Waals surface area contributed by atoms with Crippen LogP contribution >= 0.6 is 11.3 Å². The molecule has 0 saturated carbocycles. The largest absolute Gasteiger partial charge is 0.481 e. The highest BCUT2D eigenvalue weighted by Gasteiger charge is 2.22. The van der Waals surface area contributed by atoms with Crippen LogP contribution in [-0.4, -0.2) is 12.0 Å². The molecular formula is C21H21NO2S. The van der Waals surface area contributed by atoms with Gasteiger partial charge in [0.1, 0.15) is 5.75 Å². The molecule has 0 bridgehead atoms. The zero-order chi connectivity index (χ0) is 17.6. The maximum Gasteiger partial charge on any atom is 0.261 e. The van der Waals surface area contributed by atoms with Gasteiger partial charge in [-0.3, -0.25) is 4.79 Å². The second-order valence-electron chi connectivity index (χ2n) is 5.94. The third-order valence-electron chi connectivity index (χ3n) is 3.92. The van der Waals surface area contributed by atoms with E-state index in [9.17, 15) is 4.79 Å². The van der Waals surface area contributed by atoms with Gasteiger partial charge in [-0.15, -0.1) is 11.3 Å². The summed E-state index contributed by atoms with van der Waals surface area (Å²) in [5.74, 6) is 0.568. The van der Waals surface area contributed by atoms with Gasteiger partial charge in [0.15, 0.2) is 6.10 Å². The number of carbonyl (C=O) groups is 1. The molecule has 4 heteroatoms. The molecule has 1 N–H and O–H groups in total. The molecule has 0 spiro atoms. The van der Waals surface area contributed by atoms with Crippen molar-refractivity contribution in [2.75, 3.05) is 0 Å². The van der Waals surface area contributed by atoms with Crippen molar-refractivity contribution in [1.82, 2.24) is 5.32 Å². The average molecular weight is 351 g/mol. The van der Waals surface area contributed by atoms with Gasteiger partial charge in [0.25, 0.3) is 5.91 Å². The molecule has 2 aromatic carbocycles. The van der Waals surface area contributed by atoms with Crippen molar-refractivity contribution >= 4 is 17.2 Å². The lowest BCUT2D eigenvalue weighted by molar-refractivity contribution is -0.127. The Labute approximate surface area is 152 Å². The van der Waals surface area contributed by atoms with E-state index in [0.29, 0.717) is 5.75 Å². The molecular weight excluding hydrogens is 330 g/mol. The first-order chi connectivity index (χ1) is 12.1. The Kier molecular flexibility index (Phi) is 5.51. The second kappa shape index (κ2) is 7.99. The third-order valence-corrected chi connectivity index (χ3v) is 4.86. The number of carbonyl (C=O) groups excluding carboxylic acids is 1. The Bertz CT molecular complexity index is 815. The van der Waals surface area contributed by atoms with E-state index in [4.69, 9.17) is 4.74 Å². The summed E-state index contributed by atoms with van der Waals surface area (Å²) in [5, 5.41) is 5.13. The molecule has 0 saturated heterocycles. The van der Waals surface area contributed by atoms with Gasteiger partial charge >= 0.3 is 0 Å². The number of rotatable bonds is 6. The Morgan fingerprint density at radius 3 is 2.52 bits per heavy atom. The van der Waals surface area contributed by atoms with E-state index >= 15 is 0 Å². The van der Waals surface area contributed by atoms with Gasteiger partial charge < -0.3 is 10.1 Å². The van der Waals surface area contributed by atoms with Crippen molar-refractivity contribution < 1.29 is 9.53 Å². The number of hydrogen-bond acceptors (Lipinski definition) is 3. The van der Waals surface area contributed by atoms with Crippen LogP contribution in [0.1, 0.15) is 29.0 Å². The highest BCUT2D eigenvalue weighted by molar-refractivity contribution is 7.10. The fourth-order valence-corrected chi connectivity index (χ4v) is 3.43. The zero-order valence-electron chi connectivity index (χ0n) is 14.3. The molecule has 3 aromatic rings. The molecule has 0 fully saturated rings. The quantitative estimate of drug-likeness (QED) is 0.697. The summed E-state index contributed by atoms with van der Waals surface area (Å²) < 4.78 is 5.80. The van der Waals surface area contributed by atoms with Crippen LogP contribution in [0.3, 0.4) is 0 Å². The van der Waals surface area contributed by atoms with Crippen LogP contribution in [-0.2, 0) is 4.79 Å². The summed E-state index contributed by atoms with van der Waals surface area (Å²) in [6.45, 7) is 3.77. The lowest BCUT2D eigenvalue weighted by Crippen LogP contribution is -2.38. The molecule has 0 aliphatic rings. The maximum atomic E-state index is 12.7. The van der Waals surface area contributed by atoms with E-state index in [1.807, 2.05) is 79.0 Å². The average Bonchev–Trinajstić information content (AvgIpc) is 3.14. The Morgan fingerprint density at radius 2 is 1.84 bits per heavy atom. The van der Waals surface area contributed by atoms with Crippen molar-refractivity contribution in [1.29, 1.82) is 0 Å². The van der Waals surface area contributed by atoms with Crippen molar-refractivity contribution in [3.8, 4) is 5.75 Å². The molecule has 2 atom stereocenters. The van der Waals surface area contributed by atoms with Crippen molar-refractivity contribution in [2.45, 2.75) is 26.0 Å². The zero-order valence-corrected chi connectivity index (χ0v) is 15.1. The summed E-state index contributed by atoms with van der Waals surface area (Å²) in [4.78, 5) is 13.8. The number of amides is 1. The first-order valence-corrected chi connectivity index (χ1v) is 9.13. The van der Waals surface area contributed by atoms with Gasteiger partial charge in [0, 0.05) is 4.88 Å². The first-order valence-electron chi connectivity index (χ1n) is 8.25. The highest BCUT2D eigenvalue weighted by atomic mass is 32.1. The molecule has 0 aliphatic heterocycles. The van der Waals surface area contributed by atoms with Crippen LogP contribution in [0.2, 0.25) is 0 Å². The maximum absolute atomic E-state index is 12.7. The van der Waals surface area contributed by atoms with Crippen LogP contribution < -0.4 is 10.1 Å². The summed E-state index contributed by atoms with van der Waals surface area (Å²) in [5.41, 5.74) is 2.16. The molecule has 1 aromatic heterocycles. The number of thiophene rings is 1. The standard InChI is InChI=1S/C21H21NO2S/c1-15-8-6-11-18(14-15)24-16(2)21(23)22-20(19-12-7-13-25-19)17-9-4-3-5-10-17/h3-14,16,20H,1-2H3,(H,22,23). The van der Waals surface area contributed by atoms with E-state index in [2.05, 4.69) is 5.32 Å². The third kappa shape index (κ3) is 4.48. The van der Waals surface area contributed by atoms with E-state index in [1.54, 1.807) is 18.3 Å². The predicted octanol–water partition coefficient (Wildman–Crippen LogP) is 4.73. The van der Waals surface area contributed by atoms with E-state index < -0.39 is 6.10 Å². The van der Waals surface area contributed by atoms with Crippen molar-refractivity contribution in [2.24, 2.45) is 0 Å². The molecule has 2 unspecified atom stereocenters. The first kappa shape index (κ1) is 17.2.